The Labute approximate surface area is 385 Å². The molecule has 0 fully saturated rings. The normalized spacial score (nSPS) is 11.4. The van der Waals surface area contributed by atoms with E-state index in [1.807, 2.05) is 26.0 Å². The first-order chi connectivity index (χ1) is 31.1. The third-order valence-corrected chi connectivity index (χ3v) is 10.6. The number of nitrogens with two attached hydrogens (primary N) is 1. The molecule has 3 aromatic rings. The summed E-state index contributed by atoms with van der Waals surface area (Å²) in [7, 11) is 0. The van der Waals surface area contributed by atoms with E-state index in [1.165, 1.54) is 56.5 Å². The fourth-order valence-corrected chi connectivity index (χ4v) is 7.51. The number of carbonyl (C=O) groups excluding carboxylic acids is 2. The molecule has 0 aliphatic rings. The minimum Gasteiger partial charge on any atom is -0.465 e. The summed E-state index contributed by atoms with van der Waals surface area (Å²) in [5.74, 6) is -0.331. The molecule has 0 amide bonds. The third kappa shape index (κ3) is 25.1. The van der Waals surface area contributed by atoms with E-state index in [-0.39, 0.29) is 24.2 Å². The standard InChI is InChI=1S/C29H42N4O4.C22H39N3O2/c1-4-16-31(17-5-2)18-7-8-19-32(24-29(34)37-6-3)23-26-14-12-25(13-15-26)21-30-22-27-10-9-11-28(20-27)33(35)36;1-4-13-24(14-5-2)15-7-8-16-25(19-22(26)27-6-3)18-21-11-9-20(17-23)10-12-21/h9-15,20,22H,4-8,16-19,21,23-24H2,1-3H3;9-12H,4-8,13-19,23H2,1-3H3. The fraction of sp³-hybridized carbons (Fsp3) is 0.588. The molecule has 0 spiro atoms. The molecular formula is C51H81N7O6. The van der Waals surface area contributed by atoms with Gasteiger partial charge in [0.1, 0.15) is 0 Å². The van der Waals surface area contributed by atoms with E-state index in [0.717, 1.165) is 88.2 Å². The molecule has 3 aromatic carbocycles. The fourth-order valence-electron chi connectivity index (χ4n) is 7.51. The summed E-state index contributed by atoms with van der Waals surface area (Å²) < 4.78 is 10.3. The first-order valence-electron chi connectivity index (χ1n) is 23.9. The van der Waals surface area contributed by atoms with Crippen molar-refractivity contribution in [1.82, 2.24) is 19.6 Å². The molecular weight excluding hydrogens is 807 g/mol. The van der Waals surface area contributed by atoms with Crippen LogP contribution in [0, 0.1) is 10.1 Å². The zero-order valence-electron chi connectivity index (χ0n) is 40.2. The van der Waals surface area contributed by atoms with Crippen molar-refractivity contribution in [2.45, 2.75) is 119 Å². The lowest BCUT2D eigenvalue weighted by molar-refractivity contribution is -0.384. The molecule has 0 aliphatic carbocycles. The highest BCUT2D eigenvalue weighted by atomic mass is 16.6. The lowest BCUT2D eigenvalue weighted by Gasteiger charge is -2.24. The molecule has 0 radical (unpaired) electrons. The predicted octanol–water partition coefficient (Wildman–Crippen LogP) is 8.89. The molecule has 0 atom stereocenters. The van der Waals surface area contributed by atoms with Gasteiger partial charge in [-0.2, -0.15) is 0 Å². The maximum Gasteiger partial charge on any atom is 0.320 e. The van der Waals surface area contributed by atoms with Crippen LogP contribution in [0.25, 0.3) is 0 Å². The van der Waals surface area contributed by atoms with Crippen LogP contribution >= 0.6 is 0 Å². The zero-order valence-corrected chi connectivity index (χ0v) is 40.2. The van der Waals surface area contributed by atoms with Gasteiger partial charge in [-0.3, -0.25) is 34.5 Å². The molecule has 3 rings (SSSR count). The number of ether oxygens (including phenoxy) is 2. The number of non-ortho nitro benzene ring substituents is 1. The van der Waals surface area contributed by atoms with Gasteiger partial charge in [0.15, 0.2) is 0 Å². The number of esters is 2. The Hall–Kier alpha value is -4.53. The van der Waals surface area contributed by atoms with Crippen LogP contribution in [0.15, 0.2) is 77.8 Å². The highest BCUT2D eigenvalue weighted by molar-refractivity contribution is 5.80. The molecule has 0 aromatic heterocycles. The van der Waals surface area contributed by atoms with Crippen molar-refractivity contribution >= 4 is 23.8 Å². The maximum atomic E-state index is 12.2. The Morgan fingerprint density at radius 1 is 0.594 bits per heavy atom. The molecule has 356 valence electrons. The average molecular weight is 888 g/mol. The van der Waals surface area contributed by atoms with Crippen molar-refractivity contribution < 1.29 is 24.0 Å². The quantitative estimate of drug-likeness (QED) is 0.0206. The van der Waals surface area contributed by atoms with Crippen molar-refractivity contribution in [3.05, 3.63) is 111 Å². The van der Waals surface area contributed by atoms with Crippen LogP contribution in [0.5, 0.6) is 0 Å². The van der Waals surface area contributed by atoms with Crippen LogP contribution in [0.1, 0.15) is 121 Å². The molecule has 0 aliphatic heterocycles. The lowest BCUT2D eigenvalue weighted by Crippen LogP contribution is -2.32. The van der Waals surface area contributed by atoms with Gasteiger partial charge in [0.05, 0.1) is 37.8 Å². The van der Waals surface area contributed by atoms with Crippen LogP contribution in [-0.2, 0) is 45.2 Å². The number of nitro groups is 1. The van der Waals surface area contributed by atoms with E-state index < -0.39 is 4.92 Å². The Bertz CT molecular complexity index is 1710. The van der Waals surface area contributed by atoms with Crippen molar-refractivity contribution in [2.75, 3.05) is 78.7 Å². The van der Waals surface area contributed by atoms with Gasteiger partial charge in [-0.1, -0.05) is 88.4 Å². The SMILES string of the molecule is CCCN(CCC)CCCCN(CC(=O)OCC)Cc1ccc(CN)cc1.CCCN(CCC)CCCCN(CC(=O)OCC)Cc1ccc(CN=Cc2cccc([N+](=O)[O-])c2)cc1. The van der Waals surface area contributed by atoms with E-state index in [0.29, 0.717) is 45.0 Å². The monoisotopic (exact) mass is 888 g/mol. The second-order valence-corrected chi connectivity index (χ2v) is 16.3. The van der Waals surface area contributed by atoms with E-state index in [2.05, 4.69) is 88.7 Å². The smallest absolute Gasteiger partial charge is 0.320 e. The number of hydrogen-bond acceptors (Lipinski definition) is 12. The Kier molecular flexibility index (Phi) is 30.3. The minimum absolute atomic E-state index is 0.0555. The Balaban J connectivity index is 0.000000463. The highest BCUT2D eigenvalue weighted by Crippen LogP contribution is 2.14. The molecule has 13 nitrogen and oxygen atoms in total. The Morgan fingerprint density at radius 2 is 1.00 bits per heavy atom. The van der Waals surface area contributed by atoms with Crippen molar-refractivity contribution in [3.8, 4) is 0 Å². The van der Waals surface area contributed by atoms with Crippen LogP contribution in [0.2, 0.25) is 0 Å². The van der Waals surface area contributed by atoms with Crippen molar-refractivity contribution in [2.24, 2.45) is 10.7 Å². The Morgan fingerprint density at radius 3 is 1.39 bits per heavy atom. The molecule has 2 N–H and O–H groups in total. The van der Waals surface area contributed by atoms with Gasteiger partial charge in [0.2, 0.25) is 0 Å². The molecule has 0 bridgehead atoms. The summed E-state index contributed by atoms with van der Waals surface area (Å²) in [6.07, 6.45) is 10.8. The highest BCUT2D eigenvalue weighted by Gasteiger charge is 2.15. The zero-order chi connectivity index (χ0) is 46.8. The molecule has 0 heterocycles. The van der Waals surface area contributed by atoms with Gasteiger partial charge in [0, 0.05) is 38.0 Å². The van der Waals surface area contributed by atoms with E-state index in [1.54, 1.807) is 18.3 Å². The van der Waals surface area contributed by atoms with Crippen LogP contribution in [0.3, 0.4) is 0 Å². The summed E-state index contributed by atoms with van der Waals surface area (Å²) in [6.45, 7) is 25.2. The van der Waals surface area contributed by atoms with E-state index in [4.69, 9.17) is 15.2 Å². The number of unbranched alkanes of at least 4 members (excludes halogenated alkanes) is 2. The topological polar surface area (TPSA) is 147 Å². The molecule has 13 heteroatoms. The number of nitrogens with zero attached hydrogens (tertiary/aromatic N) is 6. The average Bonchev–Trinajstić information content (AvgIpc) is 3.28. The second-order valence-electron chi connectivity index (χ2n) is 16.3. The lowest BCUT2D eigenvalue weighted by atomic mass is 10.1. The largest absolute Gasteiger partial charge is 0.465 e. The number of carbonyl (C=O) groups is 2. The van der Waals surface area contributed by atoms with E-state index in [9.17, 15) is 19.7 Å². The minimum atomic E-state index is -0.408. The van der Waals surface area contributed by atoms with Crippen LogP contribution in [-0.4, -0.2) is 121 Å². The number of nitro benzene ring substituents is 1. The number of benzene rings is 3. The van der Waals surface area contributed by atoms with Gasteiger partial charge in [-0.25, -0.2) is 0 Å². The molecule has 64 heavy (non-hydrogen) atoms. The molecule has 0 unspecified atom stereocenters. The number of aliphatic imine (C=N–C) groups is 1. The third-order valence-electron chi connectivity index (χ3n) is 10.6. The summed E-state index contributed by atoms with van der Waals surface area (Å²) in [4.78, 5) is 48.5. The summed E-state index contributed by atoms with van der Waals surface area (Å²) in [6, 6.07) is 23.0. The van der Waals surface area contributed by atoms with Crippen LogP contribution < -0.4 is 5.73 Å². The van der Waals surface area contributed by atoms with Gasteiger partial charge < -0.3 is 25.0 Å². The predicted molar refractivity (Wildman–Crippen MR) is 262 cm³/mol. The molecule has 0 saturated carbocycles. The van der Waals surface area contributed by atoms with Crippen molar-refractivity contribution in [3.63, 3.8) is 0 Å². The molecule has 0 saturated heterocycles. The maximum absolute atomic E-state index is 12.2. The first kappa shape index (κ1) is 55.6. The van der Waals surface area contributed by atoms with Crippen molar-refractivity contribution in [1.29, 1.82) is 0 Å². The van der Waals surface area contributed by atoms with E-state index >= 15 is 0 Å². The van der Waals surface area contributed by atoms with Gasteiger partial charge in [-0.15, -0.1) is 0 Å². The summed E-state index contributed by atoms with van der Waals surface area (Å²) in [5, 5.41) is 10.9. The number of hydrogen-bond donors (Lipinski definition) is 1. The van der Waals surface area contributed by atoms with Gasteiger partial charge in [0.25, 0.3) is 5.69 Å². The van der Waals surface area contributed by atoms with Crippen LogP contribution in [0.4, 0.5) is 5.69 Å². The van der Waals surface area contributed by atoms with Gasteiger partial charge in [-0.05, 0) is 145 Å². The van der Waals surface area contributed by atoms with Gasteiger partial charge >= 0.3 is 11.9 Å². The summed E-state index contributed by atoms with van der Waals surface area (Å²) in [5.41, 5.74) is 10.9. The first-order valence-corrected chi connectivity index (χ1v) is 23.9. The summed E-state index contributed by atoms with van der Waals surface area (Å²) >= 11 is 0. The second kappa shape index (κ2) is 34.8. The number of rotatable bonds is 33.